The van der Waals surface area contributed by atoms with Crippen LogP contribution >= 0.6 is 36.0 Å². The van der Waals surface area contributed by atoms with Gasteiger partial charge in [-0.1, -0.05) is 31.0 Å². The van der Waals surface area contributed by atoms with Crippen LogP contribution in [0.25, 0.3) is 0 Å². The van der Waals surface area contributed by atoms with E-state index in [1.165, 1.54) is 11.3 Å². The minimum Gasteiger partial charge on any atom is -0.179 e. The molecule has 0 saturated carbocycles. The maximum atomic E-state index is 5.90. The quantitative estimate of drug-likeness (QED) is 0.594. The number of rotatable bonds is 5. The molecular formula is C11H15ClS2. The lowest BCUT2D eigenvalue weighted by Gasteiger charge is -2.10. The van der Waals surface area contributed by atoms with Gasteiger partial charge in [0.1, 0.15) is 0 Å². The molecule has 0 fully saturated rings. The number of hydrogen-bond acceptors (Lipinski definition) is 2. The molecule has 78 valence electrons. The van der Waals surface area contributed by atoms with Crippen molar-refractivity contribution in [1.29, 1.82) is 0 Å². The number of thioether (sulfide) groups is 1. The standard InChI is InChI=1S/C11H15ClS2/c1-2-9(7-13)8-14-11-5-3-4-10(12)6-11/h3-6,9,13H,2,7-8H2,1H3. The summed E-state index contributed by atoms with van der Waals surface area (Å²) in [7, 11) is 0. The fourth-order valence-electron chi connectivity index (χ4n) is 1.07. The molecule has 1 aromatic rings. The molecule has 0 saturated heterocycles. The van der Waals surface area contributed by atoms with Gasteiger partial charge in [0, 0.05) is 15.7 Å². The highest BCUT2D eigenvalue weighted by Gasteiger charge is 2.04. The van der Waals surface area contributed by atoms with E-state index in [-0.39, 0.29) is 0 Å². The first-order valence-electron chi connectivity index (χ1n) is 4.75. The maximum Gasteiger partial charge on any atom is 0.0417 e. The second kappa shape index (κ2) is 6.65. The summed E-state index contributed by atoms with van der Waals surface area (Å²) in [6.45, 7) is 2.21. The predicted octanol–water partition coefficient (Wildman–Crippen LogP) is 4.39. The van der Waals surface area contributed by atoms with Crippen molar-refractivity contribution in [3.05, 3.63) is 29.3 Å². The second-order valence-electron chi connectivity index (χ2n) is 3.23. The fourth-order valence-corrected chi connectivity index (χ4v) is 3.05. The maximum absolute atomic E-state index is 5.90. The summed E-state index contributed by atoms with van der Waals surface area (Å²) in [6.07, 6.45) is 1.19. The van der Waals surface area contributed by atoms with Crippen molar-refractivity contribution < 1.29 is 0 Å². The number of thiol groups is 1. The van der Waals surface area contributed by atoms with Gasteiger partial charge in [-0.15, -0.1) is 11.8 Å². The minimum absolute atomic E-state index is 0.697. The van der Waals surface area contributed by atoms with Crippen molar-refractivity contribution in [1.82, 2.24) is 0 Å². The van der Waals surface area contributed by atoms with Crippen LogP contribution in [0.15, 0.2) is 29.2 Å². The van der Waals surface area contributed by atoms with Crippen LogP contribution in [0, 0.1) is 5.92 Å². The van der Waals surface area contributed by atoms with Crippen LogP contribution in [0.3, 0.4) is 0 Å². The van der Waals surface area contributed by atoms with Crippen LogP contribution < -0.4 is 0 Å². The highest BCUT2D eigenvalue weighted by Crippen LogP contribution is 2.24. The minimum atomic E-state index is 0.697. The topological polar surface area (TPSA) is 0 Å². The van der Waals surface area contributed by atoms with Crippen LogP contribution in [0.2, 0.25) is 5.02 Å². The molecule has 1 atom stereocenters. The average Bonchev–Trinajstić information content (AvgIpc) is 2.19. The van der Waals surface area contributed by atoms with Crippen molar-refractivity contribution in [2.45, 2.75) is 18.2 Å². The van der Waals surface area contributed by atoms with Gasteiger partial charge in [-0.25, -0.2) is 0 Å². The Balaban J connectivity index is 2.44. The summed E-state index contributed by atoms with van der Waals surface area (Å²) < 4.78 is 0. The number of hydrogen-bond donors (Lipinski definition) is 1. The molecule has 14 heavy (non-hydrogen) atoms. The van der Waals surface area contributed by atoms with E-state index in [0.717, 1.165) is 16.5 Å². The van der Waals surface area contributed by atoms with Crippen molar-refractivity contribution in [3.63, 3.8) is 0 Å². The molecule has 0 N–H and O–H groups in total. The van der Waals surface area contributed by atoms with E-state index in [9.17, 15) is 0 Å². The van der Waals surface area contributed by atoms with Gasteiger partial charge >= 0.3 is 0 Å². The van der Waals surface area contributed by atoms with E-state index in [4.69, 9.17) is 11.6 Å². The molecule has 0 aliphatic rings. The first kappa shape index (κ1) is 12.3. The zero-order chi connectivity index (χ0) is 10.4. The van der Waals surface area contributed by atoms with Gasteiger partial charge in [0.2, 0.25) is 0 Å². The van der Waals surface area contributed by atoms with Crippen molar-refractivity contribution in [3.8, 4) is 0 Å². The summed E-state index contributed by atoms with van der Waals surface area (Å²) in [5, 5.41) is 0.814. The van der Waals surface area contributed by atoms with Crippen molar-refractivity contribution >= 4 is 36.0 Å². The Labute approximate surface area is 101 Å². The van der Waals surface area contributed by atoms with Gasteiger partial charge in [0.05, 0.1) is 0 Å². The van der Waals surface area contributed by atoms with E-state index in [2.05, 4.69) is 25.6 Å². The monoisotopic (exact) mass is 246 g/mol. The van der Waals surface area contributed by atoms with Crippen LogP contribution in [-0.2, 0) is 0 Å². The zero-order valence-corrected chi connectivity index (χ0v) is 10.7. The summed E-state index contributed by atoms with van der Waals surface area (Å²) in [5.41, 5.74) is 0. The van der Waals surface area contributed by atoms with E-state index < -0.39 is 0 Å². The van der Waals surface area contributed by atoms with Crippen molar-refractivity contribution in [2.24, 2.45) is 5.92 Å². The smallest absolute Gasteiger partial charge is 0.0417 e. The Morgan fingerprint density at radius 2 is 2.29 bits per heavy atom. The Bertz CT molecular complexity index is 272. The Hall–Kier alpha value is 0.210. The molecule has 0 aliphatic carbocycles. The molecule has 3 heteroatoms. The molecule has 0 amide bonds. The van der Waals surface area contributed by atoms with Gasteiger partial charge in [0.25, 0.3) is 0 Å². The highest BCUT2D eigenvalue weighted by atomic mass is 35.5. The van der Waals surface area contributed by atoms with Gasteiger partial charge in [0.15, 0.2) is 0 Å². The SMILES string of the molecule is CCC(CS)CSc1cccc(Cl)c1. The van der Waals surface area contributed by atoms with E-state index in [0.29, 0.717) is 5.92 Å². The lowest BCUT2D eigenvalue weighted by Crippen LogP contribution is -2.03. The summed E-state index contributed by atoms with van der Waals surface area (Å²) >= 11 is 12.1. The van der Waals surface area contributed by atoms with Gasteiger partial charge in [-0.05, 0) is 29.9 Å². The fraction of sp³-hybridized carbons (Fsp3) is 0.455. The third-order valence-electron chi connectivity index (χ3n) is 2.12. The van der Waals surface area contributed by atoms with E-state index in [1.807, 2.05) is 30.0 Å². The molecule has 0 nitrogen and oxygen atoms in total. The first-order chi connectivity index (χ1) is 6.76. The lowest BCUT2D eigenvalue weighted by atomic mass is 10.2. The van der Waals surface area contributed by atoms with Gasteiger partial charge < -0.3 is 0 Å². The Morgan fingerprint density at radius 3 is 2.86 bits per heavy atom. The Morgan fingerprint density at radius 1 is 1.50 bits per heavy atom. The summed E-state index contributed by atoms with van der Waals surface area (Å²) in [5.74, 6) is 2.78. The Kier molecular flexibility index (Phi) is 5.83. The molecule has 0 aromatic heterocycles. The normalized spacial score (nSPS) is 12.8. The number of benzene rings is 1. The summed E-state index contributed by atoms with van der Waals surface area (Å²) in [6, 6.07) is 8.01. The average molecular weight is 247 g/mol. The van der Waals surface area contributed by atoms with Crippen LogP contribution in [-0.4, -0.2) is 11.5 Å². The van der Waals surface area contributed by atoms with Gasteiger partial charge in [-0.3, -0.25) is 0 Å². The third kappa shape index (κ3) is 4.16. The molecule has 0 heterocycles. The molecule has 0 radical (unpaired) electrons. The zero-order valence-electron chi connectivity index (χ0n) is 8.24. The molecule has 0 aliphatic heterocycles. The molecule has 1 aromatic carbocycles. The first-order valence-corrected chi connectivity index (χ1v) is 6.75. The van der Waals surface area contributed by atoms with Crippen LogP contribution in [0.4, 0.5) is 0 Å². The molecule has 1 rings (SSSR count). The molecule has 1 unspecified atom stereocenters. The van der Waals surface area contributed by atoms with Crippen LogP contribution in [0.5, 0.6) is 0 Å². The molecule has 0 spiro atoms. The molecular weight excluding hydrogens is 232 g/mol. The third-order valence-corrected chi connectivity index (χ3v) is 4.09. The lowest BCUT2D eigenvalue weighted by molar-refractivity contribution is 0.649. The highest BCUT2D eigenvalue weighted by molar-refractivity contribution is 7.99. The summed E-state index contributed by atoms with van der Waals surface area (Å²) in [4.78, 5) is 1.25. The second-order valence-corrected chi connectivity index (χ2v) is 5.12. The van der Waals surface area contributed by atoms with Gasteiger partial charge in [-0.2, -0.15) is 12.6 Å². The van der Waals surface area contributed by atoms with Crippen LogP contribution in [0.1, 0.15) is 13.3 Å². The van der Waals surface area contributed by atoms with Crippen molar-refractivity contribution in [2.75, 3.05) is 11.5 Å². The predicted molar refractivity (Wildman–Crippen MR) is 69.8 cm³/mol. The number of halogens is 1. The van der Waals surface area contributed by atoms with E-state index in [1.54, 1.807) is 0 Å². The molecule has 0 bridgehead atoms. The largest absolute Gasteiger partial charge is 0.179 e. The van der Waals surface area contributed by atoms with E-state index >= 15 is 0 Å².